The Kier molecular flexibility index (Phi) is 5.24. The van der Waals surface area contributed by atoms with E-state index in [1.807, 2.05) is 13.8 Å². The lowest BCUT2D eigenvalue weighted by Gasteiger charge is -2.23. The highest BCUT2D eigenvalue weighted by Crippen LogP contribution is 2.28. The number of nitrogens with zero attached hydrogens (tertiary/aromatic N) is 2. The molecule has 1 unspecified atom stereocenters. The highest BCUT2D eigenvalue weighted by atomic mass is 35.5. The molecule has 0 saturated carbocycles. The van der Waals surface area contributed by atoms with Crippen LogP contribution in [-0.2, 0) is 16.1 Å². The second-order valence-electron chi connectivity index (χ2n) is 4.90. The van der Waals surface area contributed by atoms with Crippen LogP contribution in [0.2, 0.25) is 10.2 Å². The van der Waals surface area contributed by atoms with Gasteiger partial charge in [-0.1, -0.05) is 23.2 Å². The first kappa shape index (κ1) is 15.5. The molecular formula is C14H18Cl2N2O2. The van der Waals surface area contributed by atoms with E-state index in [1.165, 1.54) is 0 Å². The van der Waals surface area contributed by atoms with Crippen molar-refractivity contribution in [3.8, 4) is 0 Å². The fourth-order valence-corrected chi connectivity index (χ4v) is 3.14. The number of aryl methyl sites for hydroxylation is 1. The highest BCUT2D eigenvalue weighted by molar-refractivity contribution is 6.35. The first-order valence-electron chi connectivity index (χ1n) is 6.75. The number of carbonyl (C=O) groups is 1. The predicted molar refractivity (Wildman–Crippen MR) is 79.1 cm³/mol. The second kappa shape index (κ2) is 6.74. The number of likely N-dealkylation sites (tertiary alicyclic amines) is 1. The van der Waals surface area contributed by atoms with Crippen LogP contribution in [0.1, 0.15) is 31.0 Å². The van der Waals surface area contributed by atoms with Gasteiger partial charge < -0.3 is 4.74 Å². The lowest BCUT2D eigenvalue weighted by molar-refractivity contribution is -0.148. The van der Waals surface area contributed by atoms with Gasteiger partial charge in [-0.15, -0.1) is 0 Å². The van der Waals surface area contributed by atoms with Crippen molar-refractivity contribution in [3.63, 3.8) is 0 Å². The van der Waals surface area contributed by atoms with Gasteiger partial charge in [0.25, 0.3) is 0 Å². The molecule has 4 nitrogen and oxygen atoms in total. The number of halogens is 2. The minimum absolute atomic E-state index is 0.169. The molecule has 0 bridgehead atoms. The van der Waals surface area contributed by atoms with Crippen molar-refractivity contribution in [2.45, 2.75) is 39.3 Å². The van der Waals surface area contributed by atoms with E-state index in [1.54, 1.807) is 6.07 Å². The third kappa shape index (κ3) is 3.43. The zero-order chi connectivity index (χ0) is 14.7. The van der Waals surface area contributed by atoms with Gasteiger partial charge >= 0.3 is 5.97 Å². The Labute approximate surface area is 129 Å². The van der Waals surface area contributed by atoms with E-state index in [0.717, 1.165) is 30.6 Å². The number of carbonyl (C=O) groups excluding carboxylic acids is 1. The average Bonchev–Trinajstić information content (AvgIpc) is 2.82. The average molecular weight is 317 g/mol. The van der Waals surface area contributed by atoms with Gasteiger partial charge in [-0.25, -0.2) is 4.98 Å². The monoisotopic (exact) mass is 316 g/mol. The summed E-state index contributed by atoms with van der Waals surface area (Å²) < 4.78 is 5.11. The Morgan fingerprint density at radius 1 is 1.55 bits per heavy atom. The molecule has 1 saturated heterocycles. The van der Waals surface area contributed by atoms with Gasteiger partial charge in [-0.05, 0) is 39.3 Å². The first-order valence-corrected chi connectivity index (χ1v) is 7.50. The Morgan fingerprint density at radius 3 is 2.95 bits per heavy atom. The summed E-state index contributed by atoms with van der Waals surface area (Å²) in [6.07, 6.45) is 1.78. The molecule has 20 heavy (non-hydrogen) atoms. The largest absolute Gasteiger partial charge is 0.465 e. The Balaban J connectivity index is 2.15. The lowest BCUT2D eigenvalue weighted by Crippen LogP contribution is -2.37. The molecule has 1 aromatic heterocycles. The minimum Gasteiger partial charge on any atom is -0.465 e. The van der Waals surface area contributed by atoms with E-state index in [9.17, 15) is 4.79 Å². The summed E-state index contributed by atoms with van der Waals surface area (Å²) in [4.78, 5) is 18.2. The van der Waals surface area contributed by atoms with Crippen LogP contribution in [0.15, 0.2) is 6.07 Å². The second-order valence-corrected chi connectivity index (χ2v) is 5.66. The Hall–Kier alpha value is -0.840. The van der Waals surface area contributed by atoms with Crippen LogP contribution in [0.4, 0.5) is 0 Å². The molecule has 1 atom stereocenters. The maximum atomic E-state index is 11.9. The van der Waals surface area contributed by atoms with Crippen molar-refractivity contribution in [2.24, 2.45) is 0 Å². The normalized spacial score (nSPS) is 19.3. The van der Waals surface area contributed by atoms with Gasteiger partial charge in [0.1, 0.15) is 11.2 Å². The Morgan fingerprint density at radius 2 is 2.30 bits per heavy atom. The van der Waals surface area contributed by atoms with Crippen LogP contribution in [0, 0.1) is 6.92 Å². The van der Waals surface area contributed by atoms with Gasteiger partial charge in [0, 0.05) is 22.8 Å². The molecule has 1 fully saturated rings. The van der Waals surface area contributed by atoms with E-state index in [4.69, 9.17) is 27.9 Å². The number of esters is 1. The van der Waals surface area contributed by atoms with Gasteiger partial charge in [-0.2, -0.15) is 0 Å². The summed E-state index contributed by atoms with van der Waals surface area (Å²) in [6, 6.07) is 1.58. The van der Waals surface area contributed by atoms with Crippen LogP contribution in [0.5, 0.6) is 0 Å². The van der Waals surface area contributed by atoms with Crippen molar-refractivity contribution < 1.29 is 9.53 Å². The van der Waals surface area contributed by atoms with E-state index < -0.39 is 0 Å². The summed E-state index contributed by atoms with van der Waals surface area (Å²) >= 11 is 12.4. The van der Waals surface area contributed by atoms with E-state index >= 15 is 0 Å². The summed E-state index contributed by atoms with van der Waals surface area (Å²) in [7, 11) is 0. The third-order valence-corrected chi connectivity index (χ3v) is 4.08. The van der Waals surface area contributed by atoms with Crippen LogP contribution < -0.4 is 0 Å². The van der Waals surface area contributed by atoms with Gasteiger partial charge in [0.15, 0.2) is 0 Å². The molecule has 0 N–H and O–H groups in total. The molecule has 2 rings (SSSR count). The number of aromatic nitrogens is 1. The van der Waals surface area contributed by atoms with Gasteiger partial charge in [-0.3, -0.25) is 9.69 Å². The number of hydrogen-bond acceptors (Lipinski definition) is 4. The fourth-order valence-electron chi connectivity index (χ4n) is 2.49. The van der Waals surface area contributed by atoms with Crippen molar-refractivity contribution in [1.82, 2.24) is 9.88 Å². The molecular weight excluding hydrogens is 299 g/mol. The van der Waals surface area contributed by atoms with Gasteiger partial charge in [0.05, 0.1) is 6.61 Å². The number of hydrogen-bond donors (Lipinski definition) is 0. The van der Waals surface area contributed by atoms with Crippen molar-refractivity contribution >= 4 is 29.2 Å². The first-order chi connectivity index (χ1) is 9.52. The molecule has 110 valence electrons. The third-order valence-electron chi connectivity index (χ3n) is 3.43. The number of ether oxygens (including phenoxy) is 1. The lowest BCUT2D eigenvalue weighted by atomic mass is 10.2. The zero-order valence-electron chi connectivity index (χ0n) is 11.7. The van der Waals surface area contributed by atoms with Crippen LogP contribution in [-0.4, -0.2) is 35.0 Å². The summed E-state index contributed by atoms with van der Waals surface area (Å²) in [6.45, 7) is 5.42. The molecule has 0 amide bonds. The molecule has 1 aliphatic heterocycles. The fraction of sp³-hybridized carbons (Fsp3) is 0.571. The standard InChI is InChI=1S/C14H18Cl2N2O2/c1-3-20-14(19)12-5-4-6-18(12)8-10-11(15)7-9(2)17-13(10)16/h7,12H,3-6,8H2,1-2H3. The molecule has 0 spiro atoms. The summed E-state index contributed by atoms with van der Waals surface area (Å²) in [5.74, 6) is -0.169. The number of rotatable bonds is 4. The molecule has 0 radical (unpaired) electrons. The topological polar surface area (TPSA) is 42.4 Å². The van der Waals surface area contributed by atoms with E-state index in [2.05, 4.69) is 9.88 Å². The van der Waals surface area contributed by atoms with Crippen LogP contribution in [0.3, 0.4) is 0 Å². The maximum Gasteiger partial charge on any atom is 0.323 e. The van der Waals surface area contributed by atoms with Crippen LogP contribution in [0.25, 0.3) is 0 Å². The molecule has 0 aliphatic carbocycles. The summed E-state index contributed by atoms with van der Waals surface area (Å²) in [5, 5.41) is 1.00. The quantitative estimate of drug-likeness (QED) is 0.632. The predicted octanol–water partition coefficient (Wildman–Crippen LogP) is 3.22. The molecule has 2 heterocycles. The molecule has 1 aromatic rings. The maximum absolute atomic E-state index is 11.9. The Bertz CT molecular complexity index is 485. The van der Waals surface area contributed by atoms with Gasteiger partial charge in [0.2, 0.25) is 0 Å². The van der Waals surface area contributed by atoms with Crippen molar-refractivity contribution in [1.29, 1.82) is 0 Å². The minimum atomic E-state index is -0.205. The van der Waals surface area contributed by atoms with E-state index in [-0.39, 0.29) is 12.0 Å². The zero-order valence-corrected chi connectivity index (χ0v) is 13.2. The SMILES string of the molecule is CCOC(=O)C1CCCN1Cc1c(Cl)cc(C)nc1Cl. The molecule has 6 heteroatoms. The van der Waals surface area contributed by atoms with E-state index in [0.29, 0.717) is 23.3 Å². The van der Waals surface area contributed by atoms with Crippen molar-refractivity contribution in [2.75, 3.05) is 13.2 Å². The highest BCUT2D eigenvalue weighted by Gasteiger charge is 2.32. The smallest absolute Gasteiger partial charge is 0.323 e. The molecule has 0 aromatic carbocycles. The molecule has 1 aliphatic rings. The van der Waals surface area contributed by atoms with Crippen LogP contribution >= 0.6 is 23.2 Å². The number of pyridine rings is 1. The van der Waals surface area contributed by atoms with Crippen molar-refractivity contribution in [3.05, 3.63) is 27.5 Å². The summed E-state index contributed by atoms with van der Waals surface area (Å²) in [5.41, 5.74) is 1.56.